The molecule has 0 spiro atoms. The van der Waals surface area contributed by atoms with Crippen molar-refractivity contribution < 1.29 is 33.2 Å². The molecule has 0 amide bonds. The second-order valence-electron chi connectivity index (χ2n) is 9.88. The minimum atomic E-state index is 0. The summed E-state index contributed by atoms with van der Waals surface area (Å²) in [4.78, 5) is 2.82. The van der Waals surface area contributed by atoms with Crippen LogP contribution in [0.15, 0.2) is 18.2 Å². The average Bonchev–Trinajstić information content (AvgIpc) is 2.74. The number of nitrogens with zero attached hydrogens (tertiary/aromatic N) is 2. The van der Waals surface area contributed by atoms with Crippen LogP contribution in [0.5, 0.6) is 5.75 Å². The molecule has 2 aliphatic carbocycles. The van der Waals surface area contributed by atoms with Crippen LogP contribution in [-0.4, -0.2) is 62.3 Å². The van der Waals surface area contributed by atoms with E-state index in [1.807, 2.05) is 7.11 Å². The Bertz CT molecular complexity index is 636. The number of piperazine rings is 1. The summed E-state index contributed by atoms with van der Waals surface area (Å²) in [5.74, 6) is 1.86. The third kappa shape index (κ3) is 5.68. The number of quaternary nitrogens is 1. The molecule has 1 heterocycles. The molecule has 3 aliphatic rings. The van der Waals surface area contributed by atoms with Crippen LogP contribution < -0.4 is 28.7 Å². The monoisotopic (exact) mass is 512 g/mol. The minimum Gasteiger partial charge on any atom is -1.00 e. The van der Waals surface area contributed by atoms with Crippen molar-refractivity contribution in [2.45, 2.75) is 76.2 Å². The fourth-order valence-corrected chi connectivity index (χ4v) is 6.12. The summed E-state index contributed by atoms with van der Waals surface area (Å²) in [6, 6.07) is 7.59. The molecule has 0 N–H and O–H groups in total. The lowest BCUT2D eigenvalue weighted by Gasteiger charge is -2.45. The summed E-state index contributed by atoms with van der Waals surface area (Å²) in [6.45, 7) is 6.71. The summed E-state index contributed by atoms with van der Waals surface area (Å²) in [5, 5.41) is 0. The van der Waals surface area contributed by atoms with E-state index in [1.165, 1.54) is 107 Å². The number of rotatable bonds is 6. The van der Waals surface area contributed by atoms with Gasteiger partial charge in [0.25, 0.3) is 0 Å². The van der Waals surface area contributed by atoms with E-state index in [4.69, 9.17) is 4.74 Å². The van der Waals surface area contributed by atoms with Gasteiger partial charge in [0.2, 0.25) is 0 Å². The summed E-state index contributed by atoms with van der Waals surface area (Å²) in [7, 11) is 4.33. The van der Waals surface area contributed by atoms with Crippen molar-refractivity contribution in [1.29, 1.82) is 0 Å². The van der Waals surface area contributed by atoms with Crippen molar-refractivity contribution in [3.63, 3.8) is 0 Å². The van der Waals surface area contributed by atoms with Crippen LogP contribution in [0.3, 0.4) is 0 Å². The molecule has 1 aromatic rings. The second kappa shape index (κ2) is 10.8. The fourth-order valence-electron chi connectivity index (χ4n) is 6.12. The number of likely N-dealkylation sites (N-methyl/N-ethyl adjacent to an activating group) is 1. The van der Waals surface area contributed by atoms with Crippen LogP contribution in [0.25, 0.3) is 0 Å². The lowest BCUT2D eigenvalue weighted by atomic mass is 9.80. The first kappa shape index (κ1) is 23.3. The van der Waals surface area contributed by atoms with Gasteiger partial charge in [0.05, 0.1) is 33.8 Å². The van der Waals surface area contributed by atoms with Gasteiger partial charge in [-0.2, -0.15) is 0 Å². The van der Waals surface area contributed by atoms with Gasteiger partial charge in [0.15, 0.2) is 0 Å². The molecule has 1 atom stereocenters. The Hall–Kier alpha value is -0.330. The number of methoxy groups -OCH3 is 1. The van der Waals surface area contributed by atoms with E-state index in [2.05, 4.69) is 30.1 Å². The molecule has 1 saturated heterocycles. The van der Waals surface area contributed by atoms with Crippen molar-refractivity contribution >= 4 is 0 Å². The number of hydrogen-bond donors (Lipinski definition) is 0. The lowest BCUT2D eigenvalue weighted by Crippen LogP contribution is -3.00. The molecular formula is C25H41IN2O. The van der Waals surface area contributed by atoms with Gasteiger partial charge in [-0.3, -0.25) is 4.90 Å². The number of ether oxygens (including phenoxy) is 1. The van der Waals surface area contributed by atoms with Crippen LogP contribution >= 0.6 is 0 Å². The van der Waals surface area contributed by atoms with Crippen LogP contribution in [0, 0.1) is 0 Å². The molecular weight excluding hydrogens is 471 g/mol. The summed E-state index contributed by atoms with van der Waals surface area (Å²) in [6.07, 6.45) is 13.9. The standard InChI is InChI=1S/C25H41N2O.HI/c1-27(19-16-26(17-20-27)22-11-4-3-5-12-22)18-8-10-21-9-6-14-24-23(21)13-7-15-25(24)28-2;/h7,13,15,21-22H,3-6,8-12,14,16-20H2,1-2H3;1H/q+1;/p-1. The quantitative estimate of drug-likeness (QED) is 0.427. The molecule has 2 fully saturated rings. The van der Waals surface area contributed by atoms with E-state index in [9.17, 15) is 0 Å². The van der Waals surface area contributed by atoms with E-state index in [0.29, 0.717) is 0 Å². The van der Waals surface area contributed by atoms with Crippen LogP contribution in [-0.2, 0) is 6.42 Å². The maximum absolute atomic E-state index is 5.63. The highest BCUT2D eigenvalue weighted by atomic mass is 127. The molecule has 4 rings (SSSR count). The Kier molecular flexibility index (Phi) is 8.70. The van der Waals surface area contributed by atoms with Crippen molar-refractivity contribution in [1.82, 2.24) is 4.90 Å². The topological polar surface area (TPSA) is 12.5 Å². The van der Waals surface area contributed by atoms with E-state index >= 15 is 0 Å². The molecule has 0 aromatic heterocycles. The number of benzene rings is 1. The van der Waals surface area contributed by atoms with E-state index in [-0.39, 0.29) is 24.0 Å². The maximum Gasteiger partial charge on any atom is 0.122 e. The summed E-state index contributed by atoms with van der Waals surface area (Å²) in [5.41, 5.74) is 3.07. The lowest BCUT2D eigenvalue weighted by molar-refractivity contribution is -0.914. The SMILES string of the molecule is COc1cccc2c1CCCC2CCC[N+]1(C)CCN(C2CCCCC2)CC1.[I-]. The van der Waals surface area contributed by atoms with Gasteiger partial charge in [0, 0.05) is 19.1 Å². The highest BCUT2D eigenvalue weighted by molar-refractivity contribution is 5.43. The molecule has 0 radical (unpaired) electrons. The molecule has 1 saturated carbocycles. The van der Waals surface area contributed by atoms with Gasteiger partial charge in [0.1, 0.15) is 5.75 Å². The van der Waals surface area contributed by atoms with Crippen molar-refractivity contribution in [3.8, 4) is 5.75 Å². The minimum absolute atomic E-state index is 0. The maximum atomic E-state index is 5.63. The van der Waals surface area contributed by atoms with Gasteiger partial charge in [-0.25, -0.2) is 0 Å². The number of fused-ring (bicyclic) bond motifs is 1. The third-order valence-corrected chi connectivity index (χ3v) is 8.00. The zero-order chi connectivity index (χ0) is 19.4. The Morgan fingerprint density at radius 2 is 1.79 bits per heavy atom. The fraction of sp³-hybridized carbons (Fsp3) is 0.760. The second-order valence-corrected chi connectivity index (χ2v) is 9.88. The molecule has 3 nitrogen and oxygen atoms in total. The van der Waals surface area contributed by atoms with Crippen molar-refractivity contribution in [2.75, 3.05) is 46.9 Å². The molecule has 0 bridgehead atoms. The van der Waals surface area contributed by atoms with Gasteiger partial charge >= 0.3 is 0 Å². The Balaban J connectivity index is 0.00000240. The first-order valence-corrected chi connectivity index (χ1v) is 11.9. The predicted octanol–water partition coefficient (Wildman–Crippen LogP) is 1.99. The number of hydrogen-bond acceptors (Lipinski definition) is 2. The zero-order valence-corrected chi connectivity index (χ0v) is 20.8. The predicted molar refractivity (Wildman–Crippen MR) is 117 cm³/mol. The van der Waals surface area contributed by atoms with E-state index < -0.39 is 0 Å². The van der Waals surface area contributed by atoms with Gasteiger partial charge < -0.3 is 33.2 Å². The molecule has 1 aromatic carbocycles. The Morgan fingerprint density at radius 3 is 2.52 bits per heavy atom. The van der Waals surface area contributed by atoms with Crippen molar-refractivity contribution in [2.24, 2.45) is 0 Å². The zero-order valence-electron chi connectivity index (χ0n) is 18.7. The number of halogens is 1. The normalized spacial score (nSPS) is 25.1. The Morgan fingerprint density at radius 1 is 1.03 bits per heavy atom. The molecule has 1 aliphatic heterocycles. The average molecular weight is 513 g/mol. The summed E-state index contributed by atoms with van der Waals surface area (Å²) >= 11 is 0. The van der Waals surface area contributed by atoms with Gasteiger partial charge in [-0.05, 0) is 68.1 Å². The van der Waals surface area contributed by atoms with Gasteiger partial charge in [-0.15, -0.1) is 0 Å². The first-order valence-electron chi connectivity index (χ1n) is 11.9. The van der Waals surface area contributed by atoms with Crippen LogP contribution in [0.2, 0.25) is 0 Å². The van der Waals surface area contributed by atoms with Gasteiger partial charge in [-0.1, -0.05) is 31.4 Å². The Labute approximate surface area is 195 Å². The molecule has 4 heteroatoms. The smallest absolute Gasteiger partial charge is 0.122 e. The van der Waals surface area contributed by atoms with Crippen LogP contribution in [0.1, 0.15) is 74.8 Å². The molecule has 29 heavy (non-hydrogen) atoms. The highest BCUT2D eigenvalue weighted by Gasteiger charge is 2.32. The van der Waals surface area contributed by atoms with E-state index in [0.717, 1.165) is 17.7 Å². The molecule has 164 valence electrons. The summed E-state index contributed by atoms with van der Waals surface area (Å²) < 4.78 is 6.92. The largest absolute Gasteiger partial charge is 1.00 e. The van der Waals surface area contributed by atoms with Crippen molar-refractivity contribution in [3.05, 3.63) is 29.3 Å². The highest BCUT2D eigenvalue weighted by Crippen LogP contribution is 2.39. The third-order valence-electron chi connectivity index (χ3n) is 8.00. The first-order chi connectivity index (χ1) is 13.7. The van der Waals surface area contributed by atoms with E-state index in [1.54, 1.807) is 5.56 Å². The molecule has 1 unspecified atom stereocenters. The van der Waals surface area contributed by atoms with Crippen LogP contribution in [0.4, 0.5) is 0 Å².